The molecule has 2 aromatic rings. The molecule has 0 aliphatic heterocycles. The van der Waals surface area contributed by atoms with Crippen LogP contribution in [0.15, 0.2) is 47.4 Å². The van der Waals surface area contributed by atoms with Crippen LogP contribution in [0.1, 0.15) is 5.56 Å². The van der Waals surface area contributed by atoms with Crippen molar-refractivity contribution in [2.75, 3.05) is 6.26 Å². The standard InChI is InChI=1S/C14H15FN2OS/c1-19(17,18)13-6-4-10(5-7-13)11-2-3-12(9-16)14(15)8-11/h2-8,17H,9,16H2,1H3. The highest BCUT2D eigenvalue weighted by Gasteiger charge is 2.06. The van der Waals surface area contributed by atoms with Gasteiger partial charge >= 0.3 is 0 Å². The van der Waals surface area contributed by atoms with E-state index in [0.29, 0.717) is 10.5 Å². The van der Waals surface area contributed by atoms with Gasteiger partial charge in [-0.1, -0.05) is 24.3 Å². The number of nitrogens with two attached hydrogens (primary N) is 1. The van der Waals surface area contributed by atoms with Gasteiger partial charge in [0, 0.05) is 23.3 Å². The first-order chi connectivity index (χ1) is 8.91. The molecule has 0 bridgehead atoms. The first kappa shape index (κ1) is 13.7. The van der Waals surface area contributed by atoms with Crippen LogP contribution < -0.4 is 5.73 Å². The Bertz CT molecular complexity index is 694. The highest BCUT2D eigenvalue weighted by atomic mass is 32.2. The largest absolute Gasteiger partial charge is 0.326 e. The second kappa shape index (κ2) is 5.11. The number of halogens is 1. The Morgan fingerprint density at radius 3 is 2.21 bits per heavy atom. The smallest absolute Gasteiger partial charge is 0.128 e. The van der Waals surface area contributed by atoms with Gasteiger partial charge in [-0.2, -0.15) is 0 Å². The van der Waals surface area contributed by atoms with E-state index < -0.39 is 9.73 Å². The summed E-state index contributed by atoms with van der Waals surface area (Å²) in [7, 11) is -2.71. The van der Waals surface area contributed by atoms with E-state index >= 15 is 0 Å². The zero-order chi connectivity index (χ0) is 14.0. The van der Waals surface area contributed by atoms with Gasteiger partial charge in [-0.3, -0.25) is 0 Å². The van der Waals surface area contributed by atoms with E-state index in [1.165, 1.54) is 12.3 Å². The number of nitrogens with one attached hydrogen (secondary N) is 1. The summed E-state index contributed by atoms with van der Waals surface area (Å²) >= 11 is 0. The summed E-state index contributed by atoms with van der Waals surface area (Å²) in [5.41, 5.74) is 7.43. The van der Waals surface area contributed by atoms with Gasteiger partial charge in [0.2, 0.25) is 0 Å². The normalized spacial score (nSPS) is 14.1. The maximum atomic E-state index is 13.6. The summed E-state index contributed by atoms with van der Waals surface area (Å²) in [4.78, 5) is 0.468. The Morgan fingerprint density at radius 2 is 1.74 bits per heavy atom. The van der Waals surface area contributed by atoms with Crippen LogP contribution in [0.25, 0.3) is 11.1 Å². The third kappa shape index (κ3) is 3.00. The lowest BCUT2D eigenvalue weighted by Gasteiger charge is -2.06. The molecule has 0 saturated carbocycles. The summed E-state index contributed by atoms with van der Waals surface area (Å²) in [6.45, 7) is 0.168. The van der Waals surface area contributed by atoms with Crippen LogP contribution in [0.2, 0.25) is 0 Å². The highest BCUT2D eigenvalue weighted by Crippen LogP contribution is 2.23. The molecule has 0 radical (unpaired) electrons. The fourth-order valence-corrected chi connectivity index (χ4v) is 2.45. The van der Waals surface area contributed by atoms with Gasteiger partial charge in [-0.15, -0.1) is 0 Å². The molecule has 0 amide bonds. The van der Waals surface area contributed by atoms with Gasteiger partial charge in [-0.05, 0) is 29.3 Å². The van der Waals surface area contributed by atoms with Crippen molar-refractivity contribution in [2.24, 2.45) is 5.73 Å². The monoisotopic (exact) mass is 278 g/mol. The van der Waals surface area contributed by atoms with Crippen molar-refractivity contribution in [3.63, 3.8) is 0 Å². The molecule has 5 heteroatoms. The molecular weight excluding hydrogens is 263 g/mol. The zero-order valence-electron chi connectivity index (χ0n) is 10.5. The molecule has 19 heavy (non-hydrogen) atoms. The molecule has 2 rings (SSSR count). The van der Waals surface area contributed by atoms with Gasteiger partial charge < -0.3 is 5.73 Å². The highest BCUT2D eigenvalue weighted by molar-refractivity contribution is 7.91. The van der Waals surface area contributed by atoms with Crippen LogP contribution in [0.3, 0.4) is 0 Å². The second-order valence-electron chi connectivity index (χ2n) is 4.38. The average Bonchev–Trinajstić information content (AvgIpc) is 2.38. The van der Waals surface area contributed by atoms with Crippen LogP contribution in [0.4, 0.5) is 4.39 Å². The SMILES string of the molecule is CS(=N)(=O)c1ccc(-c2ccc(CN)c(F)c2)cc1. The van der Waals surface area contributed by atoms with Crippen LogP contribution in [0.5, 0.6) is 0 Å². The van der Waals surface area contributed by atoms with E-state index in [9.17, 15) is 8.60 Å². The predicted molar refractivity (Wildman–Crippen MR) is 74.8 cm³/mol. The van der Waals surface area contributed by atoms with Crippen molar-refractivity contribution < 1.29 is 8.60 Å². The number of hydrogen-bond acceptors (Lipinski definition) is 3. The van der Waals surface area contributed by atoms with Gasteiger partial charge in [0.15, 0.2) is 0 Å². The Balaban J connectivity index is 2.40. The Hall–Kier alpha value is -1.72. The molecule has 100 valence electrons. The first-order valence-corrected chi connectivity index (χ1v) is 7.71. The lowest BCUT2D eigenvalue weighted by Crippen LogP contribution is -1.99. The van der Waals surface area contributed by atoms with Crippen molar-refractivity contribution in [3.05, 3.63) is 53.8 Å². The molecule has 1 atom stereocenters. The van der Waals surface area contributed by atoms with E-state index in [1.807, 2.05) is 0 Å². The Labute approximate surface area is 112 Å². The summed E-state index contributed by atoms with van der Waals surface area (Å²) in [6, 6.07) is 11.6. The number of hydrogen-bond donors (Lipinski definition) is 2. The lowest BCUT2D eigenvalue weighted by molar-refractivity contribution is 0.611. The van der Waals surface area contributed by atoms with Gasteiger partial charge in [-0.25, -0.2) is 13.4 Å². The average molecular weight is 278 g/mol. The van der Waals surface area contributed by atoms with E-state index in [2.05, 4.69) is 0 Å². The van der Waals surface area contributed by atoms with Crippen LogP contribution in [0, 0.1) is 10.6 Å². The third-order valence-corrected chi connectivity index (χ3v) is 4.08. The first-order valence-electron chi connectivity index (χ1n) is 5.74. The third-order valence-electron chi connectivity index (χ3n) is 2.91. The maximum absolute atomic E-state index is 13.6. The fraction of sp³-hybridized carbons (Fsp3) is 0.143. The summed E-state index contributed by atoms with van der Waals surface area (Å²) in [5, 5.41) is 0. The van der Waals surface area contributed by atoms with E-state index in [1.54, 1.807) is 36.4 Å². The molecule has 0 spiro atoms. The Kier molecular flexibility index (Phi) is 3.68. The van der Waals surface area contributed by atoms with E-state index in [0.717, 1.165) is 11.1 Å². The summed E-state index contributed by atoms with van der Waals surface area (Å²) in [6.07, 6.45) is 1.37. The Morgan fingerprint density at radius 1 is 1.16 bits per heavy atom. The zero-order valence-corrected chi connectivity index (χ0v) is 11.3. The van der Waals surface area contributed by atoms with Crippen LogP contribution >= 0.6 is 0 Å². The predicted octanol–water partition coefficient (Wildman–Crippen LogP) is 2.99. The summed E-state index contributed by atoms with van der Waals surface area (Å²) in [5.74, 6) is -0.330. The maximum Gasteiger partial charge on any atom is 0.128 e. The van der Waals surface area contributed by atoms with E-state index in [-0.39, 0.29) is 12.4 Å². The van der Waals surface area contributed by atoms with Crippen LogP contribution in [-0.4, -0.2) is 10.5 Å². The topological polar surface area (TPSA) is 66.9 Å². The van der Waals surface area contributed by atoms with Gasteiger partial charge in [0.25, 0.3) is 0 Å². The van der Waals surface area contributed by atoms with Crippen molar-refractivity contribution in [3.8, 4) is 11.1 Å². The number of rotatable bonds is 3. The minimum Gasteiger partial charge on any atom is -0.326 e. The van der Waals surface area contributed by atoms with Crippen molar-refractivity contribution in [1.29, 1.82) is 4.78 Å². The van der Waals surface area contributed by atoms with E-state index in [4.69, 9.17) is 10.5 Å². The molecule has 2 aromatic carbocycles. The lowest BCUT2D eigenvalue weighted by atomic mass is 10.0. The molecular formula is C14H15FN2OS. The second-order valence-corrected chi connectivity index (χ2v) is 6.54. The minimum atomic E-state index is -2.71. The molecule has 0 fully saturated rings. The van der Waals surface area contributed by atoms with Crippen LogP contribution in [-0.2, 0) is 16.3 Å². The number of benzene rings is 2. The van der Waals surface area contributed by atoms with Gasteiger partial charge in [0.05, 0.1) is 9.73 Å². The molecule has 0 saturated heterocycles. The quantitative estimate of drug-likeness (QED) is 0.906. The minimum absolute atomic E-state index is 0.168. The molecule has 0 aromatic heterocycles. The molecule has 0 heterocycles. The van der Waals surface area contributed by atoms with Crippen molar-refractivity contribution in [2.45, 2.75) is 11.4 Å². The molecule has 3 nitrogen and oxygen atoms in total. The molecule has 0 aliphatic carbocycles. The molecule has 3 N–H and O–H groups in total. The molecule has 0 aliphatic rings. The van der Waals surface area contributed by atoms with Crippen molar-refractivity contribution >= 4 is 9.73 Å². The van der Waals surface area contributed by atoms with Crippen molar-refractivity contribution in [1.82, 2.24) is 0 Å². The molecule has 1 unspecified atom stereocenters. The van der Waals surface area contributed by atoms with Gasteiger partial charge in [0.1, 0.15) is 5.82 Å². The summed E-state index contributed by atoms with van der Waals surface area (Å²) < 4.78 is 32.7. The fourth-order valence-electron chi connectivity index (χ4n) is 1.80.